The molecule has 1 fully saturated rings. The first-order valence-corrected chi connectivity index (χ1v) is 6.09. The van der Waals surface area contributed by atoms with Crippen molar-refractivity contribution in [2.45, 2.75) is 32.4 Å². The lowest BCUT2D eigenvalue weighted by Crippen LogP contribution is -2.13. The number of aliphatic hydroxyl groups excluding tert-OH is 1. The summed E-state index contributed by atoms with van der Waals surface area (Å²) < 4.78 is 5.39. The van der Waals surface area contributed by atoms with Gasteiger partial charge >= 0.3 is 0 Å². The molecule has 2 rings (SSSR count). The van der Waals surface area contributed by atoms with Gasteiger partial charge in [0.15, 0.2) is 11.5 Å². The first-order valence-electron chi connectivity index (χ1n) is 6.09. The molecule has 1 heterocycles. The normalized spacial score (nSPS) is 19.5. The Morgan fingerprint density at radius 3 is 2.88 bits per heavy atom. The van der Waals surface area contributed by atoms with Gasteiger partial charge in [-0.3, -0.25) is 0 Å². The average Bonchev–Trinajstić information content (AvgIpc) is 2.85. The molecule has 0 bridgehead atoms. The molecule has 0 spiro atoms. The number of aliphatic hydroxyl groups is 1. The fourth-order valence-corrected chi connectivity index (χ4v) is 2.26. The van der Waals surface area contributed by atoms with Crippen LogP contribution in [0.25, 0.3) is 0 Å². The molecular formula is C13H19NO3. The number of rotatable bonds is 4. The Balaban J connectivity index is 2.37. The highest BCUT2D eigenvalue weighted by Gasteiger charge is 2.22. The van der Waals surface area contributed by atoms with Crippen LogP contribution in [0.4, 0.5) is 0 Å². The van der Waals surface area contributed by atoms with Gasteiger partial charge in [0.1, 0.15) is 0 Å². The monoisotopic (exact) mass is 237 g/mol. The number of hydrogen-bond donors (Lipinski definition) is 3. The Bertz CT molecular complexity index is 386. The van der Waals surface area contributed by atoms with Crippen molar-refractivity contribution in [3.05, 3.63) is 23.3 Å². The maximum atomic E-state index is 10.2. The summed E-state index contributed by atoms with van der Waals surface area (Å²) in [6.45, 7) is 3.30. The molecule has 0 aliphatic carbocycles. The number of benzene rings is 1. The highest BCUT2D eigenvalue weighted by molar-refractivity contribution is 5.50. The van der Waals surface area contributed by atoms with E-state index in [4.69, 9.17) is 4.74 Å². The van der Waals surface area contributed by atoms with E-state index in [9.17, 15) is 10.2 Å². The number of phenols is 1. The molecule has 1 aliphatic rings. The quantitative estimate of drug-likeness (QED) is 0.746. The first kappa shape index (κ1) is 12.2. The third-order valence-electron chi connectivity index (χ3n) is 3.08. The number of aromatic hydroxyl groups is 1. The summed E-state index contributed by atoms with van der Waals surface area (Å²) in [5, 5.41) is 22.7. The van der Waals surface area contributed by atoms with Crippen LogP contribution < -0.4 is 10.1 Å². The van der Waals surface area contributed by atoms with E-state index >= 15 is 0 Å². The Hall–Kier alpha value is -1.26. The van der Waals surface area contributed by atoms with Gasteiger partial charge in [0.25, 0.3) is 0 Å². The van der Waals surface area contributed by atoms with Crippen LogP contribution >= 0.6 is 0 Å². The number of ether oxygens (including phenoxy) is 1. The van der Waals surface area contributed by atoms with E-state index in [0.717, 1.165) is 30.5 Å². The molecule has 17 heavy (non-hydrogen) atoms. The molecule has 1 atom stereocenters. The predicted molar refractivity (Wildman–Crippen MR) is 65.2 cm³/mol. The molecular weight excluding hydrogens is 218 g/mol. The van der Waals surface area contributed by atoms with Gasteiger partial charge in [-0.2, -0.15) is 0 Å². The van der Waals surface area contributed by atoms with Crippen LogP contribution in [0.2, 0.25) is 0 Å². The van der Waals surface area contributed by atoms with E-state index < -0.39 is 0 Å². The van der Waals surface area contributed by atoms with Crippen LogP contribution in [0.5, 0.6) is 11.5 Å². The van der Waals surface area contributed by atoms with Crippen LogP contribution in [-0.2, 0) is 6.61 Å². The van der Waals surface area contributed by atoms with Crippen LogP contribution in [0.3, 0.4) is 0 Å². The highest BCUT2D eigenvalue weighted by atomic mass is 16.5. The molecule has 94 valence electrons. The van der Waals surface area contributed by atoms with Crippen LogP contribution in [0.15, 0.2) is 12.1 Å². The van der Waals surface area contributed by atoms with Gasteiger partial charge in [-0.25, -0.2) is 0 Å². The van der Waals surface area contributed by atoms with E-state index in [1.165, 1.54) is 0 Å². The van der Waals surface area contributed by atoms with E-state index in [-0.39, 0.29) is 18.4 Å². The van der Waals surface area contributed by atoms with Gasteiger partial charge in [0.2, 0.25) is 0 Å². The topological polar surface area (TPSA) is 61.7 Å². The van der Waals surface area contributed by atoms with E-state index in [1.807, 2.05) is 13.0 Å². The number of phenolic OH excluding ortho intramolecular Hbond substituents is 1. The highest BCUT2D eigenvalue weighted by Crippen LogP contribution is 2.38. The smallest absolute Gasteiger partial charge is 0.162 e. The zero-order valence-electron chi connectivity index (χ0n) is 10.1. The second kappa shape index (κ2) is 5.38. The fourth-order valence-electron chi connectivity index (χ4n) is 2.26. The van der Waals surface area contributed by atoms with E-state index in [2.05, 4.69) is 5.32 Å². The summed E-state index contributed by atoms with van der Waals surface area (Å²) in [5.41, 5.74) is 1.60. The number of hydrogen-bond acceptors (Lipinski definition) is 4. The van der Waals surface area contributed by atoms with Crippen LogP contribution in [-0.4, -0.2) is 23.4 Å². The van der Waals surface area contributed by atoms with Gasteiger partial charge in [0, 0.05) is 11.6 Å². The van der Waals surface area contributed by atoms with Gasteiger partial charge < -0.3 is 20.3 Å². The van der Waals surface area contributed by atoms with Crippen molar-refractivity contribution in [3.8, 4) is 11.5 Å². The first-order chi connectivity index (χ1) is 8.26. The standard InChI is InChI=1S/C13H19NO3/c1-2-17-12-7-9(8-15)6-10(13(12)16)11-4-3-5-14-11/h6-7,11,14-16H,2-5,8H2,1H3/t11-/m1/s1. The fraction of sp³-hybridized carbons (Fsp3) is 0.538. The summed E-state index contributed by atoms with van der Waals surface area (Å²) in [6.07, 6.45) is 2.12. The second-order valence-corrected chi connectivity index (χ2v) is 4.27. The maximum Gasteiger partial charge on any atom is 0.162 e. The van der Waals surface area contributed by atoms with Crippen molar-refractivity contribution >= 4 is 0 Å². The van der Waals surface area contributed by atoms with Gasteiger partial charge in [-0.1, -0.05) is 0 Å². The molecule has 0 unspecified atom stereocenters. The second-order valence-electron chi connectivity index (χ2n) is 4.27. The van der Waals surface area contributed by atoms with Gasteiger partial charge in [-0.05, 0) is 44.0 Å². The maximum absolute atomic E-state index is 10.2. The predicted octanol–water partition coefficient (Wildman–Crippen LogP) is 1.71. The van der Waals surface area contributed by atoms with Crippen molar-refractivity contribution in [2.75, 3.05) is 13.2 Å². The van der Waals surface area contributed by atoms with Crippen LogP contribution in [0, 0.1) is 0 Å². The number of nitrogens with one attached hydrogen (secondary N) is 1. The van der Waals surface area contributed by atoms with E-state index in [1.54, 1.807) is 6.07 Å². The third-order valence-corrected chi connectivity index (χ3v) is 3.08. The van der Waals surface area contributed by atoms with Crippen molar-refractivity contribution in [1.29, 1.82) is 0 Å². The largest absolute Gasteiger partial charge is 0.504 e. The lowest BCUT2D eigenvalue weighted by atomic mass is 10.0. The molecule has 0 aromatic heterocycles. The Morgan fingerprint density at radius 2 is 2.29 bits per heavy atom. The molecule has 4 heteroatoms. The molecule has 1 aromatic rings. The van der Waals surface area contributed by atoms with E-state index in [0.29, 0.717) is 12.4 Å². The Morgan fingerprint density at radius 1 is 1.47 bits per heavy atom. The minimum atomic E-state index is -0.0416. The minimum Gasteiger partial charge on any atom is -0.504 e. The molecule has 1 aliphatic heterocycles. The summed E-state index contributed by atoms with van der Waals surface area (Å²) in [7, 11) is 0. The summed E-state index contributed by atoms with van der Waals surface area (Å²) in [4.78, 5) is 0. The third kappa shape index (κ3) is 2.53. The molecule has 0 amide bonds. The van der Waals surface area contributed by atoms with Crippen LogP contribution in [0.1, 0.15) is 36.9 Å². The zero-order chi connectivity index (χ0) is 12.3. The van der Waals surface area contributed by atoms with Crippen molar-refractivity contribution in [1.82, 2.24) is 5.32 Å². The molecule has 0 saturated carbocycles. The summed E-state index contributed by atoms with van der Waals surface area (Å²) in [5.74, 6) is 0.659. The lowest BCUT2D eigenvalue weighted by molar-refractivity contribution is 0.277. The molecule has 4 nitrogen and oxygen atoms in total. The van der Waals surface area contributed by atoms with Crippen molar-refractivity contribution in [2.24, 2.45) is 0 Å². The molecule has 1 saturated heterocycles. The summed E-state index contributed by atoms with van der Waals surface area (Å²) >= 11 is 0. The summed E-state index contributed by atoms with van der Waals surface area (Å²) in [6, 6.07) is 3.71. The SMILES string of the molecule is CCOc1cc(CO)cc([C@H]2CCCN2)c1O. The zero-order valence-corrected chi connectivity index (χ0v) is 10.1. The van der Waals surface area contributed by atoms with Gasteiger partial charge in [0.05, 0.1) is 13.2 Å². The molecule has 3 N–H and O–H groups in total. The Labute approximate surface area is 101 Å². The minimum absolute atomic E-state index is 0.0416. The van der Waals surface area contributed by atoms with Gasteiger partial charge in [-0.15, -0.1) is 0 Å². The average molecular weight is 237 g/mol. The Kier molecular flexibility index (Phi) is 3.86. The molecule has 1 aromatic carbocycles. The van der Waals surface area contributed by atoms with Crippen molar-refractivity contribution in [3.63, 3.8) is 0 Å². The lowest BCUT2D eigenvalue weighted by Gasteiger charge is -2.17. The molecule has 0 radical (unpaired) electrons. The van der Waals surface area contributed by atoms with Crippen molar-refractivity contribution < 1.29 is 14.9 Å².